The molecular weight excluding hydrogens is 424 g/mol. The van der Waals surface area contributed by atoms with E-state index in [1.54, 1.807) is 0 Å². The highest BCUT2D eigenvalue weighted by atomic mass is 16.7. The quantitative estimate of drug-likeness (QED) is 0.243. The van der Waals surface area contributed by atoms with E-state index in [1.165, 1.54) is 12.5 Å². The van der Waals surface area contributed by atoms with Gasteiger partial charge in [0, 0.05) is 0 Å². The van der Waals surface area contributed by atoms with E-state index in [4.69, 9.17) is 18.9 Å². The Labute approximate surface area is 188 Å². The SMILES string of the molecule is CC(C)=CCC/C(C)=C\CO[C@@H]1O[C@H](CO[C@@H]2O[C@@H](C)[C@H](O)[C@@H](O)[C@H]2O)[C@@H](O)[C@H](O)[C@H]1O. The van der Waals surface area contributed by atoms with Crippen molar-refractivity contribution >= 4 is 0 Å². The van der Waals surface area contributed by atoms with E-state index in [2.05, 4.69) is 6.08 Å². The second kappa shape index (κ2) is 12.5. The Kier molecular flexibility index (Phi) is 10.7. The van der Waals surface area contributed by atoms with Gasteiger partial charge in [-0.05, 0) is 40.5 Å². The van der Waals surface area contributed by atoms with Gasteiger partial charge in [0.15, 0.2) is 12.6 Å². The van der Waals surface area contributed by atoms with Crippen LogP contribution in [0.2, 0.25) is 0 Å². The summed E-state index contributed by atoms with van der Waals surface area (Å²) in [5.74, 6) is 0. The van der Waals surface area contributed by atoms with Crippen molar-refractivity contribution in [3.05, 3.63) is 23.3 Å². The zero-order chi connectivity index (χ0) is 24.0. The molecule has 2 rings (SSSR count). The van der Waals surface area contributed by atoms with Crippen LogP contribution in [0, 0.1) is 0 Å². The predicted octanol–water partition coefficient (Wildman–Crippen LogP) is -0.653. The van der Waals surface area contributed by atoms with E-state index in [9.17, 15) is 30.6 Å². The molecule has 0 aromatic heterocycles. The van der Waals surface area contributed by atoms with Gasteiger partial charge in [-0.1, -0.05) is 23.3 Å². The molecule has 32 heavy (non-hydrogen) atoms. The molecule has 0 aliphatic carbocycles. The molecule has 0 aromatic rings. The van der Waals surface area contributed by atoms with E-state index in [1.807, 2.05) is 26.8 Å². The van der Waals surface area contributed by atoms with Crippen LogP contribution in [0.25, 0.3) is 0 Å². The lowest BCUT2D eigenvalue weighted by Gasteiger charge is -2.42. The van der Waals surface area contributed by atoms with Crippen LogP contribution in [0.5, 0.6) is 0 Å². The van der Waals surface area contributed by atoms with E-state index in [0.29, 0.717) is 0 Å². The number of allylic oxidation sites excluding steroid dienone is 3. The lowest BCUT2D eigenvalue weighted by molar-refractivity contribution is -0.326. The molecule has 10 heteroatoms. The third-order valence-corrected chi connectivity index (χ3v) is 5.69. The lowest BCUT2D eigenvalue weighted by Crippen LogP contribution is -2.61. The topological polar surface area (TPSA) is 158 Å². The van der Waals surface area contributed by atoms with Gasteiger partial charge in [0.25, 0.3) is 0 Å². The van der Waals surface area contributed by atoms with Crippen molar-refractivity contribution in [2.45, 2.75) is 102 Å². The van der Waals surface area contributed by atoms with E-state index in [-0.39, 0.29) is 13.2 Å². The number of aliphatic hydroxyl groups excluding tert-OH is 6. The maximum absolute atomic E-state index is 10.2. The molecule has 0 bridgehead atoms. The largest absolute Gasteiger partial charge is 0.388 e. The van der Waals surface area contributed by atoms with Crippen molar-refractivity contribution in [3.8, 4) is 0 Å². The second-order valence-electron chi connectivity index (χ2n) is 8.73. The van der Waals surface area contributed by atoms with Crippen LogP contribution in [0.3, 0.4) is 0 Å². The zero-order valence-electron chi connectivity index (χ0n) is 19.1. The van der Waals surface area contributed by atoms with Crippen molar-refractivity contribution in [2.75, 3.05) is 13.2 Å². The monoisotopic (exact) mass is 462 g/mol. The minimum absolute atomic E-state index is 0.144. The first kappa shape index (κ1) is 27.3. The summed E-state index contributed by atoms with van der Waals surface area (Å²) in [5.41, 5.74) is 2.35. The molecule has 0 amide bonds. The summed E-state index contributed by atoms with van der Waals surface area (Å²) in [6.45, 7) is 7.39. The average Bonchev–Trinajstić information content (AvgIpc) is 2.74. The van der Waals surface area contributed by atoms with Gasteiger partial charge in [-0.25, -0.2) is 0 Å². The molecule has 186 valence electrons. The molecular formula is C22H38O10. The fourth-order valence-corrected chi connectivity index (χ4v) is 3.51. The Balaban J connectivity index is 1.89. The van der Waals surface area contributed by atoms with Gasteiger partial charge < -0.3 is 49.6 Å². The second-order valence-corrected chi connectivity index (χ2v) is 8.73. The Bertz CT molecular complexity index is 634. The number of ether oxygens (including phenoxy) is 4. The van der Waals surface area contributed by atoms with Crippen molar-refractivity contribution in [1.29, 1.82) is 0 Å². The van der Waals surface area contributed by atoms with Crippen LogP contribution in [-0.4, -0.2) is 105 Å². The third-order valence-electron chi connectivity index (χ3n) is 5.69. The van der Waals surface area contributed by atoms with Crippen molar-refractivity contribution < 1.29 is 49.6 Å². The molecule has 10 atom stereocenters. The summed E-state index contributed by atoms with van der Waals surface area (Å²) < 4.78 is 21.9. The van der Waals surface area contributed by atoms with Gasteiger partial charge >= 0.3 is 0 Å². The molecule has 0 spiro atoms. The standard InChI is InChI=1S/C22H38O10/c1-11(2)6-5-7-12(3)8-9-29-21-20(28)18(26)16(24)14(32-21)10-30-22-19(27)17(25)15(23)13(4)31-22/h6,8,13-28H,5,7,9-10H2,1-4H3/b12-8-/t13-,14+,15-,16+,17+,18-,19+,20+,21+,22+/m0/s1. The number of aliphatic hydroxyl groups is 6. The molecule has 2 heterocycles. The van der Waals surface area contributed by atoms with Crippen molar-refractivity contribution in [2.24, 2.45) is 0 Å². The van der Waals surface area contributed by atoms with Gasteiger partial charge in [-0.15, -0.1) is 0 Å². The van der Waals surface area contributed by atoms with Gasteiger partial charge in [-0.3, -0.25) is 0 Å². The highest BCUT2D eigenvalue weighted by Gasteiger charge is 2.46. The summed E-state index contributed by atoms with van der Waals surface area (Å²) in [6.07, 6.45) is -7.28. The van der Waals surface area contributed by atoms with Gasteiger partial charge in [-0.2, -0.15) is 0 Å². The van der Waals surface area contributed by atoms with Gasteiger partial charge in [0.2, 0.25) is 0 Å². The highest BCUT2D eigenvalue weighted by Crippen LogP contribution is 2.26. The lowest BCUT2D eigenvalue weighted by atomic mass is 9.98. The molecule has 6 N–H and O–H groups in total. The summed E-state index contributed by atoms with van der Waals surface area (Å²) >= 11 is 0. The molecule has 2 saturated heterocycles. The number of hydrogen-bond donors (Lipinski definition) is 6. The molecule has 0 aromatic carbocycles. The maximum Gasteiger partial charge on any atom is 0.187 e. The Morgan fingerprint density at radius 2 is 1.34 bits per heavy atom. The summed E-state index contributed by atoms with van der Waals surface area (Å²) in [7, 11) is 0. The van der Waals surface area contributed by atoms with Gasteiger partial charge in [0.1, 0.15) is 42.7 Å². The normalized spacial score (nSPS) is 40.9. The molecule has 10 nitrogen and oxygen atoms in total. The van der Waals surface area contributed by atoms with Crippen LogP contribution in [-0.2, 0) is 18.9 Å². The number of rotatable bonds is 9. The smallest absolute Gasteiger partial charge is 0.187 e. The molecule has 2 aliphatic heterocycles. The van der Waals surface area contributed by atoms with E-state index < -0.39 is 61.4 Å². The summed E-state index contributed by atoms with van der Waals surface area (Å²) in [6, 6.07) is 0. The van der Waals surface area contributed by atoms with Crippen LogP contribution in [0.15, 0.2) is 23.3 Å². The zero-order valence-corrected chi connectivity index (χ0v) is 19.1. The fraction of sp³-hybridized carbons (Fsp3) is 0.818. The molecule has 0 unspecified atom stereocenters. The van der Waals surface area contributed by atoms with Crippen LogP contribution < -0.4 is 0 Å². The predicted molar refractivity (Wildman–Crippen MR) is 113 cm³/mol. The Hall–Kier alpha value is -0.920. The molecule has 2 aliphatic rings. The molecule has 0 radical (unpaired) electrons. The van der Waals surface area contributed by atoms with Crippen LogP contribution in [0.4, 0.5) is 0 Å². The highest BCUT2D eigenvalue weighted by molar-refractivity contribution is 5.02. The van der Waals surface area contributed by atoms with Crippen LogP contribution in [0.1, 0.15) is 40.5 Å². The van der Waals surface area contributed by atoms with E-state index in [0.717, 1.165) is 18.4 Å². The van der Waals surface area contributed by atoms with Crippen molar-refractivity contribution in [1.82, 2.24) is 0 Å². The first-order chi connectivity index (χ1) is 15.0. The Morgan fingerprint density at radius 3 is 1.97 bits per heavy atom. The van der Waals surface area contributed by atoms with Crippen LogP contribution >= 0.6 is 0 Å². The average molecular weight is 463 g/mol. The molecule has 2 fully saturated rings. The summed E-state index contributed by atoms with van der Waals surface area (Å²) in [4.78, 5) is 0. The first-order valence-corrected chi connectivity index (χ1v) is 10.9. The Morgan fingerprint density at radius 1 is 0.750 bits per heavy atom. The van der Waals surface area contributed by atoms with Crippen molar-refractivity contribution in [3.63, 3.8) is 0 Å². The van der Waals surface area contributed by atoms with Gasteiger partial charge in [0.05, 0.1) is 19.3 Å². The summed E-state index contributed by atoms with van der Waals surface area (Å²) in [5, 5.41) is 60.3. The van der Waals surface area contributed by atoms with E-state index >= 15 is 0 Å². The first-order valence-electron chi connectivity index (χ1n) is 10.9. The minimum atomic E-state index is -1.53. The maximum atomic E-state index is 10.2. The molecule has 0 saturated carbocycles. The third kappa shape index (κ3) is 7.29. The number of hydrogen-bond acceptors (Lipinski definition) is 10. The fourth-order valence-electron chi connectivity index (χ4n) is 3.51. The minimum Gasteiger partial charge on any atom is -0.388 e.